The molecule has 1 aliphatic heterocycles. The van der Waals surface area contributed by atoms with E-state index in [0.29, 0.717) is 28.8 Å². The van der Waals surface area contributed by atoms with E-state index in [1.165, 1.54) is 11.0 Å². The van der Waals surface area contributed by atoms with Crippen molar-refractivity contribution in [3.8, 4) is 5.75 Å². The molecule has 4 aromatic carbocycles. The number of imide groups is 1. The Morgan fingerprint density at radius 2 is 1.50 bits per heavy atom. The molecule has 0 radical (unpaired) electrons. The summed E-state index contributed by atoms with van der Waals surface area (Å²) in [6.45, 7) is 2.06. The number of aryl methyl sites for hydroxylation is 1. The number of amides is 2. The minimum atomic E-state index is -1.32. The summed E-state index contributed by atoms with van der Waals surface area (Å²) >= 11 is 0. The van der Waals surface area contributed by atoms with Crippen molar-refractivity contribution in [2.75, 3.05) is 4.90 Å². The number of allylic oxidation sites excluding steroid dienone is 4. The van der Waals surface area contributed by atoms with Crippen LogP contribution in [0.1, 0.15) is 47.9 Å². The molecule has 4 aromatic rings. The molecule has 2 fully saturated rings. The van der Waals surface area contributed by atoms with Crippen molar-refractivity contribution in [1.82, 2.24) is 0 Å². The molecular weight excluding hydrogens is 598 g/mol. The minimum Gasteiger partial charge on any atom is -0.508 e. The number of carbonyl (C=O) groups excluding carboxylic acids is 4. The lowest BCUT2D eigenvalue weighted by molar-refractivity contribution is -0.135. The van der Waals surface area contributed by atoms with E-state index in [0.717, 1.165) is 23.1 Å². The van der Waals surface area contributed by atoms with Crippen molar-refractivity contribution in [3.05, 3.63) is 149 Å². The van der Waals surface area contributed by atoms with Gasteiger partial charge in [0.15, 0.2) is 11.6 Å². The molecule has 3 aliphatic carbocycles. The van der Waals surface area contributed by atoms with E-state index < -0.39 is 35.0 Å². The zero-order valence-electron chi connectivity index (χ0n) is 26.6. The highest BCUT2D eigenvalue weighted by atomic mass is 16.3. The van der Waals surface area contributed by atoms with Gasteiger partial charge in [-0.25, -0.2) is 0 Å². The van der Waals surface area contributed by atoms with Crippen LogP contribution in [-0.2, 0) is 31.0 Å². The summed E-state index contributed by atoms with van der Waals surface area (Å²) < 4.78 is 0. The summed E-state index contributed by atoms with van der Waals surface area (Å²) in [7, 11) is 0. The van der Waals surface area contributed by atoms with E-state index in [4.69, 9.17) is 0 Å². The van der Waals surface area contributed by atoms with E-state index in [1.54, 1.807) is 18.2 Å². The largest absolute Gasteiger partial charge is 0.508 e. The molecule has 1 saturated heterocycles. The Morgan fingerprint density at radius 1 is 0.792 bits per heavy atom. The Balaban J connectivity index is 1.34. The first-order chi connectivity index (χ1) is 23.3. The van der Waals surface area contributed by atoms with E-state index in [9.17, 15) is 19.5 Å². The molecule has 8 rings (SSSR count). The molecule has 0 aromatic heterocycles. The lowest BCUT2D eigenvalue weighted by Crippen LogP contribution is -2.58. The van der Waals surface area contributed by atoms with Crippen LogP contribution in [0.15, 0.2) is 127 Å². The van der Waals surface area contributed by atoms with Gasteiger partial charge in [0, 0.05) is 17.4 Å². The predicted octanol–water partition coefficient (Wildman–Crippen LogP) is 6.98. The van der Waals surface area contributed by atoms with Gasteiger partial charge >= 0.3 is 0 Å². The second-order valence-corrected chi connectivity index (χ2v) is 13.4. The van der Waals surface area contributed by atoms with Gasteiger partial charge in [0.1, 0.15) is 5.75 Å². The first-order valence-electron chi connectivity index (χ1n) is 16.7. The van der Waals surface area contributed by atoms with Gasteiger partial charge in [-0.05, 0) is 77.8 Å². The number of fused-ring (bicyclic) bond motifs is 4. The van der Waals surface area contributed by atoms with Crippen LogP contribution >= 0.6 is 0 Å². The summed E-state index contributed by atoms with van der Waals surface area (Å²) in [5, 5.41) is 10.7. The first kappa shape index (κ1) is 30.0. The molecule has 48 heavy (non-hydrogen) atoms. The lowest BCUT2D eigenvalue weighted by atomic mass is 9.44. The number of phenolic OH excluding ortho intramolecular Hbond substituents is 1. The van der Waals surface area contributed by atoms with Crippen molar-refractivity contribution < 1.29 is 24.3 Å². The second-order valence-electron chi connectivity index (χ2n) is 13.4. The highest BCUT2D eigenvalue weighted by Crippen LogP contribution is 2.63. The molecule has 6 unspecified atom stereocenters. The van der Waals surface area contributed by atoms with Gasteiger partial charge in [-0.2, -0.15) is 0 Å². The Bertz CT molecular complexity index is 2030. The highest BCUT2D eigenvalue weighted by molar-refractivity contribution is 6.32. The Hall–Kier alpha value is -5.36. The van der Waals surface area contributed by atoms with E-state index in [-0.39, 0.29) is 35.6 Å². The van der Waals surface area contributed by atoms with Gasteiger partial charge in [0.05, 0.1) is 22.9 Å². The number of Topliss-reactive ketones (excluding diaryl/α,β-unsaturated/α-hetero) is 1. The van der Waals surface area contributed by atoms with Crippen LogP contribution in [0.2, 0.25) is 0 Å². The number of anilines is 1. The average molecular weight is 634 g/mol. The fraction of sp³-hybridized carbons (Fsp3) is 0.238. The van der Waals surface area contributed by atoms with Crippen LogP contribution in [0.4, 0.5) is 5.69 Å². The van der Waals surface area contributed by atoms with E-state index >= 15 is 4.79 Å². The second kappa shape index (κ2) is 11.4. The maximum atomic E-state index is 15.0. The normalized spacial score (nSPS) is 27.9. The van der Waals surface area contributed by atoms with Crippen LogP contribution in [0.5, 0.6) is 5.75 Å². The number of benzene rings is 4. The minimum absolute atomic E-state index is 0.0487. The molecule has 2 amide bonds. The molecule has 0 spiro atoms. The highest BCUT2D eigenvalue weighted by Gasteiger charge is 2.66. The number of phenols is 1. The standard InChI is InChI=1S/C42H35NO5/c1-2-25-16-18-29(19-17-25)43-40(47)32-21-20-31-34(37(32)41(43)48)23-35-39(46)33(26-10-5-3-6-11-26)24-36(45)42(35,28-13-7-4-8-14-28)38(31)27-12-9-15-30(44)22-27/h3-20,22,24,32,34-35,37-38,44H,2,21,23H2,1H3. The van der Waals surface area contributed by atoms with Gasteiger partial charge in [-0.1, -0.05) is 104 Å². The van der Waals surface area contributed by atoms with Crippen LogP contribution in [-0.4, -0.2) is 28.5 Å². The summed E-state index contributed by atoms with van der Waals surface area (Å²) in [6.07, 6.45) is 4.99. The molecule has 4 aliphatic rings. The molecule has 238 valence electrons. The summed E-state index contributed by atoms with van der Waals surface area (Å²) in [5.41, 5.74) is 3.67. The zero-order chi connectivity index (χ0) is 33.2. The van der Waals surface area contributed by atoms with Crippen LogP contribution < -0.4 is 4.90 Å². The van der Waals surface area contributed by atoms with Crippen molar-refractivity contribution in [1.29, 1.82) is 0 Å². The number of ketones is 2. The molecule has 1 N–H and O–H groups in total. The Morgan fingerprint density at radius 3 is 2.19 bits per heavy atom. The molecule has 1 saturated carbocycles. The molecule has 6 nitrogen and oxygen atoms in total. The van der Waals surface area contributed by atoms with Crippen molar-refractivity contribution >= 4 is 34.6 Å². The quantitative estimate of drug-likeness (QED) is 0.189. The molecule has 6 heteroatoms. The zero-order valence-corrected chi connectivity index (χ0v) is 26.6. The number of carbonyl (C=O) groups is 4. The number of rotatable bonds is 5. The van der Waals surface area contributed by atoms with Gasteiger partial charge in [-0.3, -0.25) is 24.1 Å². The molecule has 1 heterocycles. The van der Waals surface area contributed by atoms with E-state index in [1.807, 2.05) is 97.1 Å². The van der Waals surface area contributed by atoms with E-state index in [2.05, 4.69) is 6.92 Å². The van der Waals surface area contributed by atoms with Crippen molar-refractivity contribution in [2.45, 2.75) is 37.5 Å². The lowest BCUT2D eigenvalue weighted by Gasteiger charge is -2.55. The smallest absolute Gasteiger partial charge is 0.238 e. The van der Waals surface area contributed by atoms with Crippen LogP contribution in [0, 0.1) is 23.7 Å². The third-order valence-electron chi connectivity index (χ3n) is 11.2. The Kier molecular flexibility index (Phi) is 7.13. The number of nitrogens with zero attached hydrogens (tertiary/aromatic N) is 1. The Labute approximate surface area is 279 Å². The summed E-state index contributed by atoms with van der Waals surface area (Å²) in [6, 6.07) is 33.2. The number of hydrogen-bond donors (Lipinski definition) is 1. The van der Waals surface area contributed by atoms with Gasteiger partial charge in [0.2, 0.25) is 11.8 Å². The molecule has 0 bridgehead atoms. The summed E-state index contributed by atoms with van der Waals surface area (Å²) in [4.78, 5) is 59.8. The molecule has 6 atom stereocenters. The topological polar surface area (TPSA) is 91.8 Å². The SMILES string of the molecule is CCc1ccc(N2C(=O)C3CC=C4C(CC5C(=O)C(c6ccccc6)=CC(=O)C5(c5ccccc5)C4c4cccc(O)c4)C3C2=O)cc1. The third-order valence-corrected chi connectivity index (χ3v) is 11.2. The van der Waals surface area contributed by atoms with Gasteiger partial charge in [-0.15, -0.1) is 0 Å². The van der Waals surface area contributed by atoms with Gasteiger partial charge in [0.25, 0.3) is 0 Å². The monoisotopic (exact) mass is 633 g/mol. The fourth-order valence-corrected chi connectivity index (χ4v) is 9.09. The van der Waals surface area contributed by atoms with Crippen LogP contribution in [0.3, 0.4) is 0 Å². The van der Waals surface area contributed by atoms with Crippen LogP contribution in [0.25, 0.3) is 5.57 Å². The number of aromatic hydroxyl groups is 1. The maximum absolute atomic E-state index is 15.0. The maximum Gasteiger partial charge on any atom is 0.238 e. The third kappa shape index (κ3) is 4.32. The first-order valence-corrected chi connectivity index (χ1v) is 16.7. The fourth-order valence-electron chi connectivity index (χ4n) is 9.09. The van der Waals surface area contributed by atoms with Gasteiger partial charge < -0.3 is 5.11 Å². The average Bonchev–Trinajstić information content (AvgIpc) is 3.38. The van der Waals surface area contributed by atoms with Crippen molar-refractivity contribution in [3.63, 3.8) is 0 Å². The predicted molar refractivity (Wildman–Crippen MR) is 183 cm³/mol. The van der Waals surface area contributed by atoms with Crippen molar-refractivity contribution in [2.24, 2.45) is 23.7 Å². The summed E-state index contributed by atoms with van der Waals surface area (Å²) in [5.74, 6) is -3.94. The molecular formula is C42H35NO5. The number of hydrogen-bond acceptors (Lipinski definition) is 5.